The highest BCUT2D eigenvalue weighted by atomic mass is 16.3. The Morgan fingerprint density at radius 3 is 2.71 bits per heavy atom. The zero-order chi connectivity index (χ0) is 11.9. The van der Waals surface area contributed by atoms with Crippen molar-refractivity contribution in [3.8, 4) is 0 Å². The third-order valence-electron chi connectivity index (χ3n) is 4.65. The first kappa shape index (κ1) is 11.2. The van der Waals surface area contributed by atoms with E-state index in [0.717, 1.165) is 12.8 Å². The quantitative estimate of drug-likeness (QED) is 0.822. The van der Waals surface area contributed by atoms with Crippen LogP contribution in [0.4, 0.5) is 0 Å². The first-order chi connectivity index (χ1) is 8.24. The molecular weight excluding hydrogens is 212 g/mol. The van der Waals surface area contributed by atoms with E-state index in [-0.39, 0.29) is 12.5 Å². The van der Waals surface area contributed by atoms with E-state index in [0.29, 0.717) is 12.3 Å². The molecule has 3 aliphatic rings. The summed E-state index contributed by atoms with van der Waals surface area (Å²) in [4.78, 5) is 0. The van der Waals surface area contributed by atoms with Crippen molar-refractivity contribution in [3.63, 3.8) is 0 Å². The first-order valence-corrected chi connectivity index (χ1v) is 6.67. The predicted octanol–water partition coefficient (Wildman–Crippen LogP) is 2.55. The van der Waals surface area contributed by atoms with Crippen LogP contribution in [0.3, 0.4) is 0 Å². The van der Waals surface area contributed by atoms with Gasteiger partial charge < -0.3 is 10.2 Å². The van der Waals surface area contributed by atoms with Gasteiger partial charge in [-0.05, 0) is 42.7 Å². The minimum Gasteiger partial charge on any atom is -0.396 e. The van der Waals surface area contributed by atoms with E-state index in [1.165, 1.54) is 24.0 Å². The summed E-state index contributed by atoms with van der Waals surface area (Å²) in [5.41, 5.74) is 2.10. The van der Waals surface area contributed by atoms with Gasteiger partial charge in [-0.3, -0.25) is 0 Å². The molecule has 2 heteroatoms. The molecule has 0 spiro atoms. The lowest BCUT2D eigenvalue weighted by Crippen LogP contribution is -2.41. The molecule has 0 radical (unpaired) electrons. The predicted molar refractivity (Wildman–Crippen MR) is 67.0 cm³/mol. The third kappa shape index (κ3) is 1.71. The molecular formula is C15H20O2. The SMILES string of the molecule is OCC[C@@]1(O)CC2CCCC1c1ccccc12. The van der Waals surface area contributed by atoms with Crippen LogP contribution >= 0.6 is 0 Å². The second-order valence-corrected chi connectivity index (χ2v) is 5.59. The van der Waals surface area contributed by atoms with Crippen LogP contribution in [0.1, 0.15) is 55.1 Å². The minimum atomic E-state index is -0.676. The normalized spacial score (nSPS) is 35.4. The Bertz CT molecular complexity index is 415. The van der Waals surface area contributed by atoms with Crippen molar-refractivity contribution in [1.82, 2.24) is 0 Å². The van der Waals surface area contributed by atoms with Crippen molar-refractivity contribution < 1.29 is 10.2 Å². The number of rotatable bonds is 2. The van der Waals surface area contributed by atoms with Crippen molar-refractivity contribution in [2.75, 3.05) is 6.61 Å². The van der Waals surface area contributed by atoms with Crippen LogP contribution in [0.5, 0.6) is 0 Å². The Morgan fingerprint density at radius 2 is 1.94 bits per heavy atom. The lowest BCUT2D eigenvalue weighted by molar-refractivity contribution is -0.0253. The molecule has 3 aliphatic carbocycles. The first-order valence-electron chi connectivity index (χ1n) is 6.67. The second kappa shape index (κ2) is 4.11. The molecule has 0 saturated heterocycles. The van der Waals surface area contributed by atoms with Gasteiger partial charge in [-0.1, -0.05) is 30.7 Å². The largest absolute Gasteiger partial charge is 0.396 e. The van der Waals surface area contributed by atoms with E-state index in [1.807, 2.05) is 0 Å². The molecule has 92 valence electrons. The van der Waals surface area contributed by atoms with Crippen LogP contribution in [0.15, 0.2) is 24.3 Å². The summed E-state index contributed by atoms with van der Waals surface area (Å²) in [5.74, 6) is 0.714. The van der Waals surface area contributed by atoms with Crippen molar-refractivity contribution in [3.05, 3.63) is 35.4 Å². The Balaban J connectivity index is 2.08. The molecule has 0 amide bonds. The Kier molecular flexibility index (Phi) is 2.72. The topological polar surface area (TPSA) is 40.5 Å². The van der Waals surface area contributed by atoms with E-state index in [1.54, 1.807) is 0 Å². The maximum absolute atomic E-state index is 10.8. The average molecular weight is 232 g/mol. The van der Waals surface area contributed by atoms with Crippen LogP contribution in [0, 0.1) is 0 Å². The van der Waals surface area contributed by atoms with Crippen LogP contribution in [0.2, 0.25) is 0 Å². The fourth-order valence-corrected chi connectivity index (χ4v) is 3.89. The van der Waals surface area contributed by atoms with Crippen molar-refractivity contribution in [1.29, 1.82) is 0 Å². The van der Waals surface area contributed by atoms with Crippen molar-refractivity contribution in [2.45, 2.75) is 49.5 Å². The summed E-state index contributed by atoms with van der Waals surface area (Å²) >= 11 is 0. The average Bonchev–Trinajstić information content (AvgIpc) is 2.60. The second-order valence-electron chi connectivity index (χ2n) is 5.59. The van der Waals surface area contributed by atoms with Crippen molar-refractivity contribution >= 4 is 0 Å². The van der Waals surface area contributed by atoms with Gasteiger partial charge >= 0.3 is 0 Å². The van der Waals surface area contributed by atoms with Crippen LogP contribution in [0.25, 0.3) is 0 Å². The fourth-order valence-electron chi connectivity index (χ4n) is 3.89. The van der Waals surface area contributed by atoms with Gasteiger partial charge in [0.2, 0.25) is 0 Å². The molecule has 0 aromatic heterocycles. The fraction of sp³-hybridized carbons (Fsp3) is 0.600. The van der Waals surface area contributed by atoms with Gasteiger partial charge in [-0.15, -0.1) is 0 Å². The minimum absolute atomic E-state index is 0.0852. The number of aliphatic hydroxyl groups is 2. The number of fused-ring (bicyclic) bond motifs is 3. The summed E-state index contributed by atoms with van der Waals surface area (Å²) in [6.45, 7) is 0.0852. The summed E-state index contributed by atoms with van der Waals surface area (Å²) < 4.78 is 0. The van der Waals surface area contributed by atoms with E-state index < -0.39 is 5.60 Å². The highest BCUT2D eigenvalue weighted by Gasteiger charge is 2.46. The standard InChI is InChI=1S/C15H20O2/c16-9-8-15(17)10-11-4-3-7-14(15)13-6-2-1-5-12(11)13/h1-2,5-6,11,14,16-17H,3-4,7-10H2/t11?,14?,15-/m1/s1. The molecule has 1 aromatic rings. The van der Waals surface area contributed by atoms with Gasteiger partial charge in [0.1, 0.15) is 0 Å². The Hall–Kier alpha value is -0.860. The molecule has 17 heavy (non-hydrogen) atoms. The molecule has 2 nitrogen and oxygen atoms in total. The highest BCUT2D eigenvalue weighted by molar-refractivity contribution is 5.39. The Labute approximate surface area is 102 Å². The molecule has 2 unspecified atom stereocenters. The smallest absolute Gasteiger partial charge is 0.0743 e. The molecule has 0 heterocycles. The summed E-state index contributed by atoms with van der Waals surface area (Å²) in [6, 6.07) is 8.56. The van der Waals surface area contributed by atoms with E-state index >= 15 is 0 Å². The molecule has 1 aromatic carbocycles. The highest BCUT2D eigenvalue weighted by Crippen LogP contribution is 2.53. The van der Waals surface area contributed by atoms with Gasteiger partial charge in [0.15, 0.2) is 0 Å². The molecule has 4 rings (SSSR count). The molecule has 1 saturated carbocycles. The molecule has 1 fully saturated rings. The molecule has 2 N–H and O–H groups in total. The summed E-state index contributed by atoms with van der Waals surface area (Å²) in [7, 11) is 0. The van der Waals surface area contributed by atoms with E-state index in [4.69, 9.17) is 0 Å². The monoisotopic (exact) mass is 232 g/mol. The molecule has 0 aliphatic heterocycles. The van der Waals surface area contributed by atoms with Gasteiger partial charge in [-0.25, -0.2) is 0 Å². The van der Waals surface area contributed by atoms with Crippen LogP contribution in [-0.2, 0) is 0 Å². The summed E-state index contributed by atoms with van der Waals surface area (Å²) in [5, 5.41) is 20.0. The Morgan fingerprint density at radius 1 is 1.18 bits per heavy atom. The van der Waals surface area contributed by atoms with E-state index in [9.17, 15) is 10.2 Å². The zero-order valence-corrected chi connectivity index (χ0v) is 10.1. The third-order valence-corrected chi connectivity index (χ3v) is 4.65. The number of hydrogen-bond acceptors (Lipinski definition) is 2. The van der Waals surface area contributed by atoms with Crippen LogP contribution in [-0.4, -0.2) is 22.4 Å². The van der Waals surface area contributed by atoms with Crippen LogP contribution < -0.4 is 0 Å². The maximum Gasteiger partial charge on any atom is 0.0743 e. The lowest BCUT2D eigenvalue weighted by Gasteiger charge is -2.42. The summed E-state index contributed by atoms with van der Waals surface area (Å²) in [6.07, 6.45) is 4.78. The van der Waals surface area contributed by atoms with Gasteiger partial charge in [0.05, 0.1) is 5.60 Å². The zero-order valence-electron chi connectivity index (χ0n) is 10.1. The molecule has 3 atom stereocenters. The number of benzene rings is 1. The molecule has 2 bridgehead atoms. The van der Waals surface area contributed by atoms with Gasteiger partial charge in [-0.2, -0.15) is 0 Å². The number of aliphatic hydroxyl groups excluding tert-OH is 1. The van der Waals surface area contributed by atoms with Gasteiger partial charge in [0, 0.05) is 12.5 Å². The van der Waals surface area contributed by atoms with Gasteiger partial charge in [0.25, 0.3) is 0 Å². The van der Waals surface area contributed by atoms with E-state index in [2.05, 4.69) is 24.3 Å². The lowest BCUT2D eigenvalue weighted by atomic mass is 9.67. The maximum atomic E-state index is 10.8. The number of hydrogen-bond donors (Lipinski definition) is 2. The van der Waals surface area contributed by atoms with Crippen molar-refractivity contribution in [2.24, 2.45) is 0 Å².